The highest BCUT2D eigenvalue weighted by Crippen LogP contribution is 2.25. The first-order chi connectivity index (χ1) is 15.3. The van der Waals surface area contributed by atoms with E-state index in [-0.39, 0.29) is 23.4 Å². The number of fused-ring (bicyclic) bond motifs is 1. The zero-order valence-corrected chi connectivity index (χ0v) is 19.1. The van der Waals surface area contributed by atoms with E-state index in [0.717, 1.165) is 18.7 Å². The number of nitrogens with one attached hydrogen (secondary N) is 1. The van der Waals surface area contributed by atoms with E-state index >= 15 is 0 Å². The number of nitrogens with zero attached hydrogens (tertiary/aromatic N) is 3. The van der Waals surface area contributed by atoms with Crippen LogP contribution in [0.25, 0.3) is 0 Å². The van der Waals surface area contributed by atoms with Crippen LogP contribution in [0.3, 0.4) is 0 Å². The summed E-state index contributed by atoms with van der Waals surface area (Å²) in [7, 11) is -2.06. The second kappa shape index (κ2) is 9.28. The summed E-state index contributed by atoms with van der Waals surface area (Å²) in [5, 5.41) is 2.88. The van der Waals surface area contributed by atoms with Crippen LogP contribution in [0.2, 0.25) is 0 Å². The maximum absolute atomic E-state index is 12.9. The molecule has 1 atom stereocenters. The van der Waals surface area contributed by atoms with Crippen molar-refractivity contribution in [3.63, 3.8) is 0 Å². The predicted octanol–water partition coefficient (Wildman–Crippen LogP) is 3.32. The van der Waals surface area contributed by atoms with Crippen molar-refractivity contribution in [2.45, 2.75) is 31.0 Å². The summed E-state index contributed by atoms with van der Waals surface area (Å²) in [5.74, 6) is -0.117. The Morgan fingerprint density at radius 3 is 2.47 bits per heavy atom. The Balaban J connectivity index is 1.36. The summed E-state index contributed by atoms with van der Waals surface area (Å²) in [6.07, 6.45) is 2.07. The zero-order chi connectivity index (χ0) is 22.7. The van der Waals surface area contributed by atoms with Gasteiger partial charge in [-0.15, -0.1) is 0 Å². The molecule has 168 valence electrons. The molecule has 1 aliphatic heterocycles. The summed E-state index contributed by atoms with van der Waals surface area (Å²) in [6.45, 7) is 4.35. The molecule has 2 heterocycles. The van der Waals surface area contributed by atoms with Crippen LogP contribution in [-0.2, 0) is 27.9 Å². The van der Waals surface area contributed by atoms with Gasteiger partial charge >= 0.3 is 0 Å². The van der Waals surface area contributed by atoms with Gasteiger partial charge in [0, 0.05) is 50.3 Å². The number of aromatic nitrogens is 1. The van der Waals surface area contributed by atoms with Crippen molar-refractivity contribution in [3.05, 3.63) is 84.2 Å². The Morgan fingerprint density at radius 1 is 1.03 bits per heavy atom. The lowest BCUT2D eigenvalue weighted by molar-refractivity contribution is -0.118. The van der Waals surface area contributed by atoms with Crippen molar-refractivity contribution in [1.82, 2.24) is 13.8 Å². The molecule has 1 N–H and O–H groups in total. The van der Waals surface area contributed by atoms with Crippen molar-refractivity contribution in [2.75, 3.05) is 25.5 Å². The number of sulfonamides is 1. The van der Waals surface area contributed by atoms with Crippen LogP contribution in [0.4, 0.5) is 5.69 Å². The molecule has 0 fully saturated rings. The monoisotopic (exact) mass is 452 g/mol. The Kier molecular flexibility index (Phi) is 6.45. The fraction of sp³-hybridized carbons (Fsp3) is 0.292. The van der Waals surface area contributed by atoms with Crippen LogP contribution in [-0.4, -0.2) is 48.2 Å². The minimum Gasteiger partial charge on any atom is -0.349 e. The summed E-state index contributed by atoms with van der Waals surface area (Å²) >= 11 is 0. The lowest BCUT2D eigenvalue weighted by Gasteiger charge is -2.34. The number of hydrogen-bond acceptors (Lipinski definition) is 4. The number of hydrogen-bond donors (Lipinski definition) is 1. The smallest absolute Gasteiger partial charge is 0.243 e. The molecule has 3 aromatic rings. The molecule has 0 radical (unpaired) electrons. The summed E-state index contributed by atoms with van der Waals surface area (Å²) in [4.78, 5) is 14.9. The molecule has 1 aromatic heterocycles. The zero-order valence-electron chi connectivity index (χ0n) is 18.3. The Bertz CT molecular complexity index is 1170. The number of carbonyl (C=O) groups excluding carboxylic acids is 1. The van der Waals surface area contributed by atoms with Crippen molar-refractivity contribution < 1.29 is 13.2 Å². The van der Waals surface area contributed by atoms with Gasteiger partial charge in [0.25, 0.3) is 0 Å². The molecule has 8 heteroatoms. The molecule has 4 rings (SSSR count). The predicted molar refractivity (Wildman–Crippen MR) is 125 cm³/mol. The molecule has 1 amide bonds. The normalized spacial score (nSPS) is 16.7. The highest BCUT2D eigenvalue weighted by atomic mass is 32.2. The molecule has 0 spiro atoms. The van der Waals surface area contributed by atoms with Gasteiger partial charge < -0.3 is 9.88 Å². The van der Waals surface area contributed by atoms with E-state index < -0.39 is 10.0 Å². The van der Waals surface area contributed by atoms with Crippen LogP contribution in [0.1, 0.15) is 24.2 Å². The van der Waals surface area contributed by atoms with Gasteiger partial charge in [0.1, 0.15) is 0 Å². The van der Waals surface area contributed by atoms with E-state index in [0.29, 0.717) is 12.2 Å². The minimum absolute atomic E-state index is 0.117. The van der Waals surface area contributed by atoms with Gasteiger partial charge in [0.05, 0.1) is 11.4 Å². The first-order valence-corrected chi connectivity index (χ1v) is 12.1. The topological polar surface area (TPSA) is 74.6 Å². The van der Waals surface area contributed by atoms with E-state index in [2.05, 4.69) is 34.0 Å². The first kappa shape index (κ1) is 22.3. The highest BCUT2D eigenvalue weighted by Gasteiger charge is 2.25. The lowest BCUT2D eigenvalue weighted by atomic mass is 10.1. The summed E-state index contributed by atoms with van der Waals surface area (Å²) in [6, 6.07) is 20.1. The molecule has 0 saturated heterocycles. The number of amides is 1. The molecular formula is C24H28N4O3S. The van der Waals surface area contributed by atoms with Crippen LogP contribution in [0, 0.1) is 0 Å². The lowest BCUT2D eigenvalue weighted by Crippen LogP contribution is -2.41. The van der Waals surface area contributed by atoms with Crippen LogP contribution < -0.4 is 5.32 Å². The SMILES string of the molecule is CC1c2cccn2CCN1CC(=O)Nc1ccc(S(=O)(=O)N(C)Cc2ccccc2)cc1. The number of carbonyl (C=O) groups is 1. The van der Waals surface area contributed by atoms with E-state index in [1.54, 1.807) is 19.2 Å². The minimum atomic E-state index is -3.63. The van der Waals surface area contributed by atoms with Gasteiger partial charge in [-0.25, -0.2) is 8.42 Å². The van der Waals surface area contributed by atoms with Gasteiger partial charge in [0.2, 0.25) is 15.9 Å². The molecule has 7 nitrogen and oxygen atoms in total. The molecule has 0 saturated carbocycles. The van der Waals surface area contributed by atoms with Gasteiger partial charge in [0.15, 0.2) is 0 Å². The first-order valence-electron chi connectivity index (χ1n) is 10.6. The largest absolute Gasteiger partial charge is 0.349 e. The molecule has 0 aliphatic carbocycles. The number of anilines is 1. The van der Waals surface area contributed by atoms with Crippen LogP contribution >= 0.6 is 0 Å². The molecule has 32 heavy (non-hydrogen) atoms. The van der Waals surface area contributed by atoms with Crippen molar-refractivity contribution in [3.8, 4) is 0 Å². The fourth-order valence-corrected chi connectivity index (χ4v) is 5.20. The van der Waals surface area contributed by atoms with Gasteiger partial charge in [-0.1, -0.05) is 30.3 Å². The third-order valence-electron chi connectivity index (χ3n) is 5.91. The molecule has 1 unspecified atom stereocenters. The summed E-state index contributed by atoms with van der Waals surface area (Å²) < 4.78 is 29.3. The van der Waals surface area contributed by atoms with Crippen molar-refractivity contribution in [1.29, 1.82) is 0 Å². The van der Waals surface area contributed by atoms with Gasteiger partial charge in [-0.2, -0.15) is 4.31 Å². The highest BCUT2D eigenvalue weighted by molar-refractivity contribution is 7.89. The third kappa shape index (κ3) is 4.77. The average molecular weight is 453 g/mol. The van der Waals surface area contributed by atoms with E-state index in [1.807, 2.05) is 36.4 Å². The number of rotatable bonds is 7. The van der Waals surface area contributed by atoms with Crippen molar-refractivity contribution in [2.24, 2.45) is 0 Å². The average Bonchev–Trinajstić information content (AvgIpc) is 3.26. The van der Waals surface area contributed by atoms with E-state index in [9.17, 15) is 13.2 Å². The standard InChI is InChI=1S/C24H28N4O3S/c1-19-23-9-6-14-27(23)15-16-28(19)18-24(29)25-21-10-12-22(13-11-21)32(30,31)26(2)17-20-7-4-3-5-8-20/h3-14,19H,15-18H2,1-2H3,(H,25,29). The van der Waals surface area contributed by atoms with Crippen LogP contribution in [0.5, 0.6) is 0 Å². The molecule has 2 aromatic carbocycles. The second-order valence-electron chi connectivity index (χ2n) is 8.09. The second-order valence-corrected chi connectivity index (χ2v) is 10.1. The fourth-order valence-electron chi connectivity index (χ4n) is 4.04. The maximum Gasteiger partial charge on any atom is 0.243 e. The quantitative estimate of drug-likeness (QED) is 0.597. The van der Waals surface area contributed by atoms with Gasteiger partial charge in [-0.05, 0) is 48.9 Å². The van der Waals surface area contributed by atoms with Gasteiger partial charge in [-0.3, -0.25) is 9.69 Å². The molecular weight excluding hydrogens is 424 g/mol. The molecule has 1 aliphatic rings. The van der Waals surface area contributed by atoms with E-state index in [4.69, 9.17) is 0 Å². The molecule has 0 bridgehead atoms. The number of benzene rings is 2. The Morgan fingerprint density at radius 2 is 1.75 bits per heavy atom. The van der Waals surface area contributed by atoms with Crippen LogP contribution in [0.15, 0.2) is 77.8 Å². The Hall–Kier alpha value is -2.94. The Labute approximate surface area is 189 Å². The summed E-state index contributed by atoms with van der Waals surface area (Å²) in [5.41, 5.74) is 2.70. The van der Waals surface area contributed by atoms with E-state index in [1.165, 1.54) is 22.1 Å². The van der Waals surface area contributed by atoms with Crippen molar-refractivity contribution >= 4 is 21.6 Å². The maximum atomic E-state index is 12.9. The third-order valence-corrected chi connectivity index (χ3v) is 7.73.